The van der Waals surface area contributed by atoms with E-state index in [1.807, 2.05) is 54.6 Å². The minimum absolute atomic E-state index is 0.564. The van der Waals surface area contributed by atoms with Gasteiger partial charge in [-0.2, -0.15) is 9.97 Å². The van der Waals surface area contributed by atoms with Crippen molar-refractivity contribution >= 4 is 43.7 Å². The molecule has 10 rings (SSSR count). The lowest BCUT2D eigenvalue weighted by Crippen LogP contribution is -2.06. The van der Waals surface area contributed by atoms with Crippen molar-refractivity contribution in [1.82, 2.24) is 19.5 Å². The number of aromatic nitrogens is 4. The molecule has 0 spiro atoms. The summed E-state index contributed by atoms with van der Waals surface area (Å²) in [6.45, 7) is 0. The quantitative estimate of drug-likeness (QED) is 0.188. The summed E-state index contributed by atoms with van der Waals surface area (Å²) in [6, 6.07) is 58.6. The smallest absolute Gasteiger partial charge is 0.238 e. The molecule has 0 fully saturated rings. The number of para-hydroxylation sites is 2. The van der Waals surface area contributed by atoms with Gasteiger partial charge >= 0.3 is 0 Å². The largest absolute Gasteiger partial charge is 0.455 e. The zero-order chi connectivity index (χ0) is 33.0. The molecule has 0 atom stereocenters. The molecule has 0 bridgehead atoms. The molecule has 7 aromatic carbocycles. The Morgan fingerprint density at radius 2 is 1.00 bits per heavy atom. The second kappa shape index (κ2) is 11.4. The van der Waals surface area contributed by atoms with Crippen molar-refractivity contribution < 1.29 is 4.42 Å². The molecule has 234 valence electrons. The molecule has 0 unspecified atom stereocenters. The summed E-state index contributed by atoms with van der Waals surface area (Å²) in [7, 11) is 0. The molecule has 3 heterocycles. The first-order valence-corrected chi connectivity index (χ1v) is 16.7. The minimum Gasteiger partial charge on any atom is -0.455 e. The number of fused-ring (bicyclic) bond motifs is 6. The maximum Gasteiger partial charge on any atom is 0.238 e. The van der Waals surface area contributed by atoms with Crippen LogP contribution in [0.4, 0.5) is 0 Å². The number of benzene rings is 7. The summed E-state index contributed by atoms with van der Waals surface area (Å²) in [4.78, 5) is 15.4. The molecular formula is C45H28N4O. The van der Waals surface area contributed by atoms with Crippen molar-refractivity contribution in [2.45, 2.75) is 0 Å². The SMILES string of the molecule is c1ccc(-c2ccc3c4ccccc4n(-c4nc(-c5ccccc5)nc(-c5ccc6oc7c(-c8ccccc8)cccc7c6c5)n4)c3c2)cc1. The van der Waals surface area contributed by atoms with Gasteiger partial charge in [-0.05, 0) is 47.0 Å². The summed E-state index contributed by atoms with van der Waals surface area (Å²) < 4.78 is 8.66. The van der Waals surface area contributed by atoms with Gasteiger partial charge in [0.25, 0.3) is 0 Å². The van der Waals surface area contributed by atoms with E-state index >= 15 is 0 Å². The van der Waals surface area contributed by atoms with E-state index in [4.69, 9.17) is 19.4 Å². The van der Waals surface area contributed by atoms with Crippen LogP contribution in [0.15, 0.2) is 174 Å². The highest BCUT2D eigenvalue weighted by molar-refractivity contribution is 6.11. The van der Waals surface area contributed by atoms with Crippen molar-refractivity contribution in [3.05, 3.63) is 170 Å². The molecular weight excluding hydrogens is 613 g/mol. The predicted molar refractivity (Wildman–Crippen MR) is 203 cm³/mol. The lowest BCUT2D eigenvalue weighted by atomic mass is 10.0. The van der Waals surface area contributed by atoms with Gasteiger partial charge in [0.05, 0.1) is 11.0 Å². The zero-order valence-corrected chi connectivity index (χ0v) is 26.9. The second-order valence-electron chi connectivity index (χ2n) is 12.5. The lowest BCUT2D eigenvalue weighted by Gasteiger charge is -2.11. The highest BCUT2D eigenvalue weighted by Gasteiger charge is 2.19. The molecule has 0 N–H and O–H groups in total. The van der Waals surface area contributed by atoms with Crippen LogP contribution >= 0.6 is 0 Å². The number of furan rings is 1. The van der Waals surface area contributed by atoms with E-state index < -0.39 is 0 Å². The first kappa shape index (κ1) is 28.2. The van der Waals surface area contributed by atoms with E-state index in [9.17, 15) is 0 Å². The van der Waals surface area contributed by atoms with Crippen molar-refractivity contribution in [3.8, 4) is 51.0 Å². The van der Waals surface area contributed by atoms with Gasteiger partial charge in [0, 0.05) is 38.2 Å². The molecule has 0 saturated carbocycles. The fraction of sp³-hybridized carbons (Fsp3) is 0. The topological polar surface area (TPSA) is 56.7 Å². The van der Waals surface area contributed by atoms with Gasteiger partial charge in [-0.25, -0.2) is 4.98 Å². The van der Waals surface area contributed by atoms with Crippen LogP contribution in [0.5, 0.6) is 0 Å². The molecule has 5 nitrogen and oxygen atoms in total. The highest BCUT2D eigenvalue weighted by atomic mass is 16.3. The van der Waals surface area contributed by atoms with Crippen molar-refractivity contribution in [1.29, 1.82) is 0 Å². The number of hydrogen-bond donors (Lipinski definition) is 0. The van der Waals surface area contributed by atoms with Crippen LogP contribution in [0.3, 0.4) is 0 Å². The third-order valence-electron chi connectivity index (χ3n) is 9.48. The average Bonchev–Trinajstić information content (AvgIpc) is 3.74. The number of hydrogen-bond acceptors (Lipinski definition) is 4. The Kier molecular flexibility index (Phi) is 6.42. The Bertz CT molecular complexity index is 2860. The Labute approximate surface area is 287 Å². The standard InChI is InChI=1S/C45H28N4O/c1-4-13-29(14-5-1)32-23-25-36-35-19-10-11-22-39(35)49(40(36)28-32)45-47-43(31-17-8-3-9-18-31)46-44(48-45)33-24-26-41-38(27-33)37-21-12-20-34(42(37)50-41)30-15-6-2-7-16-30/h1-28H. The molecule has 50 heavy (non-hydrogen) atoms. The first-order valence-electron chi connectivity index (χ1n) is 16.7. The van der Waals surface area contributed by atoms with Crippen LogP contribution in [0, 0.1) is 0 Å². The predicted octanol–water partition coefficient (Wildman–Crippen LogP) is 11.5. The van der Waals surface area contributed by atoms with Crippen LogP contribution < -0.4 is 0 Å². The van der Waals surface area contributed by atoms with Gasteiger partial charge in [0.2, 0.25) is 5.95 Å². The second-order valence-corrected chi connectivity index (χ2v) is 12.5. The average molecular weight is 641 g/mol. The maximum absolute atomic E-state index is 6.49. The normalized spacial score (nSPS) is 11.6. The van der Waals surface area contributed by atoms with Crippen LogP contribution in [-0.4, -0.2) is 19.5 Å². The zero-order valence-electron chi connectivity index (χ0n) is 26.9. The molecule has 0 saturated heterocycles. The fourth-order valence-electron chi connectivity index (χ4n) is 7.09. The molecule has 5 heteroatoms. The van der Waals surface area contributed by atoms with Crippen molar-refractivity contribution in [2.75, 3.05) is 0 Å². The van der Waals surface area contributed by atoms with Crippen LogP contribution in [0.25, 0.3) is 94.7 Å². The van der Waals surface area contributed by atoms with Crippen LogP contribution in [-0.2, 0) is 0 Å². The molecule has 0 aliphatic carbocycles. The van der Waals surface area contributed by atoms with Gasteiger partial charge in [-0.3, -0.25) is 4.57 Å². The van der Waals surface area contributed by atoms with Gasteiger partial charge in [-0.15, -0.1) is 0 Å². The molecule has 0 amide bonds. The molecule has 0 aliphatic heterocycles. The number of rotatable bonds is 5. The Morgan fingerprint density at radius 3 is 1.78 bits per heavy atom. The van der Waals surface area contributed by atoms with E-state index in [2.05, 4.69) is 120 Å². The third-order valence-corrected chi connectivity index (χ3v) is 9.48. The highest BCUT2D eigenvalue weighted by Crippen LogP contribution is 2.38. The van der Waals surface area contributed by atoms with Crippen LogP contribution in [0.2, 0.25) is 0 Å². The van der Waals surface area contributed by atoms with Gasteiger partial charge in [0.15, 0.2) is 11.6 Å². The summed E-state index contributed by atoms with van der Waals surface area (Å²) >= 11 is 0. The van der Waals surface area contributed by atoms with Gasteiger partial charge in [-0.1, -0.05) is 140 Å². The molecule has 0 radical (unpaired) electrons. The van der Waals surface area contributed by atoms with E-state index in [1.54, 1.807) is 0 Å². The fourth-order valence-corrected chi connectivity index (χ4v) is 7.09. The summed E-state index contributed by atoms with van der Waals surface area (Å²) in [5.41, 5.74) is 10.0. The van der Waals surface area contributed by atoms with Crippen molar-refractivity contribution in [3.63, 3.8) is 0 Å². The molecule has 0 aliphatic rings. The molecule has 10 aromatic rings. The first-order chi connectivity index (χ1) is 24.8. The third kappa shape index (κ3) is 4.60. The van der Waals surface area contributed by atoms with E-state index in [1.165, 1.54) is 0 Å². The van der Waals surface area contributed by atoms with Crippen molar-refractivity contribution in [2.24, 2.45) is 0 Å². The summed E-state index contributed by atoms with van der Waals surface area (Å²) in [5, 5.41) is 4.36. The van der Waals surface area contributed by atoms with Gasteiger partial charge in [0.1, 0.15) is 11.2 Å². The van der Waals surface area contributed by atoms with E-state index in [0.717, 1.165) is 77.1 Å². The number of nitrogens with zero attached hydrogens (tertiary/aromatic N) is 4. The van der Waals surface area contributed by atoms with E-state index in [0.29, 0.717) is 17.6 Å². The lowest BCUT2D eigenvalue weighted by molar-refractivity contribution is 0.670. The Morgan fingerprint density at radius 1 is 0.380 bits per heavy atom. The molecule has 3 aromatic heterocycles. The Hall–Kier alpha value is -6.85. The monoisotopic (exact) mass is 640 g/mol. The van der Waals surface area contributed by atoms with Crippen LogP contribution in [0.1, 0.15) is 0 Å². The Balaban J connectivity index is 1.21. The summed E-state index contributed by atoms with van der Waals surface area (Å²) in [5.74, 6) is 1.77. The minimum atomic E-state index is 0.564. The maximum atomic E-state index is 6.49. The van der Waals surface area contributed by atoms with Gasteiger partial charge < -0.3 is 4.42 Å². The summed E-state index contributed by atoms with van der Waals surface area (Å²) in [6.07, 6.45) is 0. The van der Waals surface area contributed by atoms with E-state index in [-0.39, 0.29) is 0 Å².